The zero-order chi connectivity index (χ0) is 25.9. The molecule has 1 amide bonds. The molecule has 11 heteroatoms. The van der Waals surface area contributed by atoms with E-state index in [1.54, 1.807) is 24.4 Å². The van der Waals surface area contributed by atoms with E-state index in [2.05, 4.69) is 14.7 Å². The van der Waals surface area contributed by atoms with Crippen LogP contribution in [-0.4, -0.2) is 48.5 Å². The van der Waals surface area contributed by atoms with Crippen LogP contribution in [0.15, 0.2) is 53.7 Å². The number of nitrogens with one attached hydrogen (secondary N) is 1. The summed E-state index contributed by atoms with van der Waals surface area (Å²) in [4.78, 5) is 28.1. The molecule has 3 N–H and O–H groups in total. The van der Waals surface area contributed by atoms with Gasteiger partial charge in [-0.15, -0.1) is 0 Å². The number of rotatable bonds is 8. The number of aromatic nitrogens is 3. The summed E-state index contributed by atoms with van der Waals surface area (Å²) in [6.07, 6.45) is 5.79. The Balaban J connectivity index is 1.68. The van der Waals surface area contributed by atoms with Crippen molar-refractivity contribution in [3.8, 4) is 17.1 Å². The molecular weight excluding hydrogens is 480 g/mol. The number of anilines is 2. The van der Waals surface area contributed by atoms with Crippen molar-refractivity contribution in [3.63, 3.8) is 0 Å². The first-order valence-electron chi connectivity index (χ1n) is 11.8. The maximum Gasteiger partial charge on any atom is 0.281 e. The first kappa shape index (κ1) is 25.4. The predicted molar refractivity (Wildman–Crippen MR) is 137 cm³/mol. The van der Waals surface area contributed by atoms with E-state index in [9.17, 15) is 13.2 Å². The molecule has 0 aliphatic heterocycles. The molecule has 1 fully saturated rings. The lowest BCUT2D eigenvalue weighted by molar-refractivity contribution is 0.0981. The second-order valence-electron chi connectivity index (χ2n) is 9.00. The van der Waals surface area contributed by atoms with Gasteiger partial charge in [0.15, 0.2) is 5.03 Å². The zero-order valence-corrected chi connectivity index (χ0v) is 21.3. The number of nitrogen functional groups attached to an aromatic ring is 1. The smallest absolute Gasteiger partial charge is 0.281 e. The first-order valence-corrected chi connectivity index (χ1v) is 13.3. The number of nitrogens with zero attached hydrogens (tertiary/aromatic N) is 4. The summed E-state index contributed by atoms with van der Waals surface area (Å²) in [5, 5.41) is -0.332. The Morgan fingerprint density at radius 2 is 1.86 bits per heavy atom. The number of hydrogen-bond donors (Lipinski definition) is 2. The SMILES string of the molecule is CC(C)Oc1ccc(-c2ccc(C(=O)NS(=O)(=O)c3cccc(N)n3)c(N(C)C3CCCC3)n2)cn1. The lowest BCUT2D eigenvalue weighted by atomic mass is 10.1. The molecule has 0 atom stereocenters. The molecule has 3 aromatic rings. The summed E-state index contributed by atoms with van der Waals surface area (Å²) in [7, 11) is -2.35. The van der Waals surface area contributed by atoms with Crippen molar-refractivity contribution in [1.29, 1.82) is 0 Å². The lowest BCUT2D eigenvalue weighted by Crippen LogP contribution is -2.35. The Hall–Kier alpha value is -3.73. The van der Waals surface area contributed by atoms with E-state index < -0.39 is 15.9 Å². The molecule has 1 aliphatic rings. The van der Waals surface area contributed by atoms with Crippen LogP contribution in [0.3, 0.4) is 0 Å². The summed E-state index contributed by atoms with van der Waals surface area (Å²) in [6, 6.07) is 11.3. The second kappa shape index (κ2) is 10.5. The van der Waals surface area contributed by atoms with Gasteiger partial charge >= 0.3 is 0 Å². The van der Waals surface area contributed by atoms with Gasteiger partial charge in [-0.05, 0) is 57.0 Å². The third kappa shape index (κ3) is 5.73. The third-order valence-electron chi connectivity index (χ3n) is 5.96. The summed E-state index contributed by atoms with van der Waals surface area (Å²) >= 11 is 0. The topological polar surface area (TPSA) is 140 Å². The average Bonchev–Trinajstić information content (AvgIpc) is 3.38. The molecule has 0 spiro atoms. The molecular formula is C25H30N6O4S. The number of sulfonamides is 1. The second-order valence-corrected chi connectivity index (χ2v) is 10.6. The molecule has 190 valence electrons. The van der Waals surface area contributed by atoms with Gasteiger partial charge in [0, 0.05) is 30.9 Å². The standard InChI is InChI=1S/C25H30N6O4S/c1-16(2)35-22-14-11-17(15-27-22)20-13-12-19(24(28-20)31(3)18-7-4-5-8-18)25(32)30-36(33,34)23-10-6-9-21(26)29-23/h6,9-16,18H,4-5,7-8H2,1-3H3,(H2,26,29)(H,30,32). The van der Waals surface area contributed by atoms with Crippen LogP contribution in [-0.2, 0) is 10.0 Å². The fourth-order valence-electron chi connectivity index (χ4n) is 4.17. The van der Waals surface area contributed by atoms with E-state index in [-0.39, 0.29) is 28.6 Å². The number of carbonyl (C=O) groups is 1. The van der Waals surface area contributed by atoms with E-state index in [1.807, 2.05) is 31.9 Å². The Morgan fingerprint density at radius 3 is 2.50 bits per heavy atom. The Morgan fingerprint density at radius 1 is 1.11 bits per heavy atom. The van der Waals surface area contributed by atoms with Crippen molar-refractivity contribution in [3.05, 3.63) is 54.2 Å². The Bertz CT molecular complexity index is 1340. The normalized spacial score (nSPS) is 14.1. The minimum absolute atomic E-state index is 0.00439. The predicted octanol–water partition coefficient (Wildman–Crippen LogP) is 3.41. The first-order chi connectivity index (χ1) is 17.1. The number of nitrogens with two attached hydrogens (primary N) is 1. The molecule has 3 heterocycles. The number of amides is 1. The highest BCUT2D eigenvalue weighted by Gasteiger charge is 2.28. The van der Waals surface area contributed by atoms with Crippen LogP contribution in [0, 0.1) is 0 Å². The van der Waals surface area contributed by atoms with Gasteiger partial charge in [0.1, 0.15) is 11.6 Å². The van der Waals surface area contributed by atoms with Gasteiger partial charge in [0.25, 0.3) is 15.9 Å². The summed E-state index contributed by atoms with van der Waals surface area (Å²) < 4.78 is 33.3. The molecule has 0 saturated heterocycles. The van der Waals surface area contributed by atoms with Crippen molar-refractivity contribution in [1.82, 2.24) is 19.7 Å². The van der Waals surface area contributed by atoms with Crippen molar-refractivity contribution in [2.45, 2.75) is 56.7 Å². The molecule has 10 nitrogen and oxygen atoms in total. The van der Waals surface area contributed by atoms with Gasteiger partial charge in [-0.2, -0.15) is 8.42 Å². The average molecular weight is 511 g/mol. The highest BCUT2D eigenvalue weighted by atomic mass is 32.2. The number of carbonyl (C=O) groups excluding carboxylic acids is 1. The summed E-state index contributed by atoms with van der Waals surface area (Å²) in [5.74, 6) is 0.150. The molecule has 1 saturated carbocycles. The highest BCUT2D eigenvalue weighted by Crippen LogP contribution is 2.30. The molecule has 3 aromatic heterocycles. The molecule has 0 unspecified atom stereocenters. The van der Waals surface area contributed by atoms with Gasteiger partial charge in [-0.1, -0.05) is 18.9 Å². The maximum atomic E-state index is 13.2. The largest absolute Gasteiger partial charge is 0.475 e. The summed E-state index contributed by atoms with van der Waals surface area (Å²) in [6.45, 7) is 3.85. The van der Waals surface area contributed by atoms with Crippen LogP contribution < -0.4 is 20.1 Å². The van der Waals surface area contributed by atoms with Crippen LogP contribution >= 0.6 is 0 Å². The fourth-order valence-corrected chi connectivity index (χ4v) is 5.11. The fraction of sp³-hybridized carbons (Fsp3) is 0.360. The minimum Gasteiger partial charge on any atom is -0.475 e. The van der Waals surface area contributed by atoms with Gasteiger partial charge in [0.2, 0.25) is 5.88 Å². The highest BCUT2D eigenvalue weighted by molar-refractivity contribution is 7.90. The lowest BCUT2D eigenvalue weighted by Gasteiger charge is -2.27. The van der Waals surface area contributed by atoms with Crippen LogP contribution in [0.25, 0.3) is 11.3 Å². The van der Waals surface area contributed by atoms with Crippen LogP contribution in [0.5, 0.6) is 5.88 Å². The quantitative estimate of drug-likeness (QED) is 0.466. The van der Waals surface area contributed by atoms with E-state index >= 15 is 0 Å². The molecule has 0 aromatic carbocycles. The van der Waals surface area contributed by atoms with Crippen molar-refractivity contribution >= 4 is 27.6 Å². The van der Waals surface area contributed by atoms with E-state index in [0.717, 1.165) is 31.2 Å². The number of hydrogen-bond acceptors (Lipinski definition) is 9. The van der Waals surface area contributed by atoms with Crippen LogP contribution in [0.1, 0.15) is 49.9 Å². The monoisotopic (exact) mass is 510 g/mol. The molecule has 0 bridgehead atoms. The van der Waals surface area contributed by atoms with E-state index in [4.69, 9.17) is 15.5 Å². The number of ether oxygens (including phenoxy) is 1. The van der Waals surface area contributed by atoms with Crippen molar-refractivity contribution < 1.29 is 17.9 Å². The Labute approximate surface area is 211 Å². The molecule has 4 rings (SSSR count). The van der Waals surface area contributed by atoms with Crippen molar-refractivity contribution in [2.75, 3.05) is 17.7 Å². The van der Waals surface area contributed by atoms with E-state index in [1.165, 1.54) is 18.2 Å². The third-order valence-corrected chi connectivity index (χ3v) is 7.19. The molecule has 0 radical (unpaired) electrons. The van der Waals surface area contributed by atoms with Crippen LogP contribution in [0.2, 0.25) is 0 Å². The van der Waals surface area contributed by atoms with Gasteiger partial charge < -0.3 is 15.4 Å². The Kier molecular flexibility index (Phi) is 7.39. The van der Waals surface area contributed by atoms with Gasteiger partial charge in [-0.3, -0.25) is 4.79 Å². The van der Waals surface area contributed by atoms with Gasteiger partial charge in [0.05, 0.1) is 17.4 Å². The molecule has 36 heavy (non-hydrogen) atoms. The maximum absolute atomic E-state index is 13.2. The van der Waals surface area contributed by atoms with Gasteiger partial charge in [-0.25, -0.2) is 19.7 Å². The zero-order valence-electron chi connectivity index (χ0n) is 20.5. The molecule has 1 aliphatic carbocycles. The van der Waals surface area contributed by atoms with E-state index in [0.29, 0.717) is 17.4 Å². The number of pyridine rings is 3. The van der Waals surface area contributed by atoms with Crippen LogP contribution in [0.4, 0.5) is 11.6 Å². The summed E-state index contributed by atoms with van der Waals surface area (Å²) in [5.41, 5.74) is 7.12. The van der Waals surface area contributed by atoms with Crippen molar-refractivity contribution in [2.24, 2.45) is 0 Å². The minimum atomic E-state index is -4.23.